The van der Waals surface area contributed by atoms with Crippen LogP contribution in [0.15, 0.2) is 47.1 Å². The van der Waals surface area contributed by atoms with Crippen molar-refractivity contribution in [2.45, 2.75) is 0 Å². The van der Waals surface area contributed by atoms with Crippen LogP contribution in [-0.4, -0.2) is 10.9 Å². The van der Waals surface area contributed by atoms with Crippen molar-refractivity contribution in [1.82, 2.24) is 0 Å². The van der Waals surface area contributed by atoms with E-state index in [2.05, 4.69) is 0 Å². The first-order chi connectivity index (χ1) is 9.56. The summed E-state index contributed by atoms with van der Waals surface area (Å²) in [4.78, 5) is 21.5. The molecule has 2 aromatic rings. The Labute approximate surface area is 118 Å². The molecule has 7 heteroatoms. The Morgan fingerprint density at radius 3 is 2.80 bits per heavy atom. The normalized spacial score (nSPS) is 10.7. The zero-order valence-electron chi connectivity index (χ0n) is 9.99. The van der Waals surface area contributed by atoms with Crippen LogP contribution >= 0.6 is 11.6 Å². The maximum atomic E-state index is 11.5. The van der Waals surface area contributed by atoms with Gasteiger partial charge in [0, 0.05) is 18.2 Å². The second-order valence-electron chi connectivity index (χ2n) is 3.64. The minimum Gasteiger partial charge on any atom is -0.465 e. The highest BCUT2D eigenvalue weighted by atomic mass is 35.5. The lowest BCUT2D eigenvalue weighted by molar-refractivity contribution is -0.384. The summed E-state index contributed by atoms with van der Waals surface area (Å²) in [5, 5.41) is 10.5. The molecule has 0 N–H and O–H groups in total. The molecule has 20 heavy (non-hydrogen) atoms. The van der Waals surface area contributed by atoms with Crippen molar-refractivity contribution in [3.05, 3.63) is 63.6 Å². The molecular weight excluding hydrogens is 286 g/mol. The summed E-state index contributed by atoms with van der Waals surface area (Å²) < 4.78 is 9.96. The molecule has 0 bridgehead atoms. The molecule has 0 saturated heterocycles. The molecule has 1 aromatic heterocycles. The topological polar surface area (TPSA) is 82.6 Å². The summed E-state index contributed by atoms with van der Waals surface area (Å²) in [6.07, 6.45) is 4.07. The van der Waals surface area contributed by atoms with E-state index < -0.39 is 10.9 Å². The number of nitrogens with zero attached hydrogens (tertiary/aromatic N) is 1. The SMILES string of the molecule is O=C(C=Cc1ccco1)Oc1ccc([N+](=O)[O-])cc1Cl. The summed E-state index contributed by atoms with van der Waals surface area (Å²) in [6.45, 7) is 0. The lowest BCUT2D eigenvalue weighted by Gasteiger charge is -2.03. The first-order valence-electron chi connectivity index (χ1n) is 5.43. The third kappa shape index (κ3) is 3.46. The van der Waals surface area contributed by atoms with Gasteiger partial charge >= 0.3 is 5.97 Å². The molecule has 0 fully saturated rings. The van der Waals surface area contributed by atoms with E-state index in [1.54, 1.807) is 12.1 Å². The van der Waals surface area contributed by atoms with Gasteiger partial charge in [-0.05, 0) is 24.3 Å². The van der Waals surface area contributed by atoms with Crippen molar-refractivity contribution in [3.8, 4) is 5.75 Å². The lowest BCUT2D eigenvalue weighted by Crippen LogP contribution is -2.04. The minimum atomic E-state index is -0.669. The Morgan fingerprint density at radius 2 is 2.20 bits per heavy atom. The second-order valence-corrected chi connectivity index (χ2v) is 4.05. The third-order valence-electron chi connectivity index (χ3n) is 2.26. The lowest BCUT2D eigenvalue weighted by atomic mass is 10.3. The average molecular weight is 294 g/mol. The maximum Gasteiger partial charge on any atom is 0.336 e. The predicted octanol–water partition coefficient (Wildman–Crippen LogP) is 3.46. The standard InChI is InChI=1S/C13H8ClNO5/c14-11-8-9(15(17)18)3-5-12(11)20-13(16)6-4-10-2-1-7-19-10/h1-8H. The van der Waals surface area contributed by atoms with Gasteiger partial charge in [-0.1, -0.05) is 11.6 Å². The fourth-order valence-corrected chi connectivity index (χ4v) is 1.58. The highest BCUT2D eigenvalue weighted by Crippen LogP contribution is 2.28. The monoisotopic (exact) mass is 293 g/mol. The van der Waals surface area contributed by atoms with Crippen LogP contribution in [0.1, 0.15) is 5.76 Å². The molecule has 102 valence electrons. The van der Waals surface area contributed by atoms with Gasteiger partial charge in [0.1, 0.15) is 11.5 Å². The van der Waals surface area contributed by atoms with Crippen LogP contribution in [0.3, 0.4) is 0 Å². The van der Waals surface area contributed by atoms with Crippen LogP contribution in [0.4, 0.5) is 5.69 Å². The number of hydrogen-bond donors (Lipinski definition) is 0. The zero-order valence-corrected chi connectivity index (χ0v) is 10.7. The number of carbonyl (C=O) groups is 1. The smallest absolute Gasteiger partial charge is 0.336 e. The fraction of sp³-hybridized carbons (Fsp3) is 0. The number of hydrogen-bond acceptors (Lipinski definition) is 5. The molecule has 0 aliphatic rings. The Balaban J connectivity index is 2.06. The van der Waals surface area contributed by atoms with Gasteiger partial charge in [0.05, 0.1) is 16.2 Å². The van der Waals surface area contributed by atoms with Crippen molar-refractivity contribution in [3.63, 3.8) is 0 Å². The minimum absolute atomic E-state index is 0.0149. The fourth-order valence-electron chi connectivity index (χ4n) is 1.36. The van der Waals surface area contributed by atoms with E-state index in [4.69, 9.17) is 20.8 Å². The van der Waals surface area contributed by atoms with Crippen LogP contribution in [0.25, 0.3) is 6.08 Å². The highest BCUT2D eigenvalue weighted by Gasteiger charge is 2.12. The van der Waals surface area contributed by atoms with Gasteiger partial charge in [0.15, 0.2) is 0 Å². The van der Waals surface area contributed by atoms with Crippen molar-refractivity contribution in [2.75, 3.05) is 0 Å². The largest absolute Gasteiger partial charge is 0.465 e. The van der Waals surface area contributed by atoms with Gasteiger partial charge in [-0.15, -0.1) is 0 Å². The number of rotatable bonds is 4. The van der Waals surface area contributed by atoms with Crippen LogP contribution in [0, 0.1) is 10.1 Å². The highest BCUT2D eigenvalue weighted by molar-refractivity contribution is 6.32. The first kappa shape index (κ1) is 13.8. The quantitative estimate of drug-likeness (QED) is 0.283. The van der Waals surface area contributed by atoms with Gasteiger partial charge in [-0.2, -0.15) is 0 Å². The molecule has 0 unspecified atom stereocenters. The number of nitro groups is 1. The number of ether oxygens (including phenoxy) is 1. The van der Waals surface area contributed by atoms with Crippen molar-refractivity contribution >= 4 is 29.3 Å². The van der Waals surface area contributed by atoms with Crippen LogP contribution in [0.5, 0.6) is 5.75 Å². The number of halogens is 1. The molecular formula is C13H8ClNO5. The van der Waals surface area contributed by atoms with E-state index in [1.165, 1.54) is 24.5 Å². The Hall–Kier alpha value is -2.60. The van der Waals surface area contributed by atoms with E-state index in [9.17, 15) is 14.9 Å². The molecule has 6 nitrogen and oxygen atoms in total. The number of benzene rings is 1. The zero-order chi connectivity index (χ0) is 14.5. The number of non-ortho nitro benzene ring substituents is 1. The molecule has 0 saturated carbocycles. The van der Waals surface area contributed by atoms with E-state index in [-0.39, 0.29) is 16.5 Å². The molecule has 1 aromatic carbocycles. The Kier molecular flexibility index (Phi) is 4.17. The number of carbonyl (C=O) groups excluding carboxylic acids is 1. The number of nitro benzene ring substituents is 1. The molecule has 2 rings (SSSR count). The van der Waals surface area contributed by atoms with Gasteiger partial charge in [0.25, 0.3) is 5.69 Å². The van der Waals surface area contributed by atoms with Crippen molar-refractivity contribution in [1.29, 1.82) is 0 Å². The second kappa shape index (κ2) is 6.03. The molecule has 0 atom stereocenters. The number of furan rings is 1. The maximum absolute atomic E-state index is 11.5. The summed E-state index contributed by atoms with van der Waals surface area (Å²) >= 11 is 5.79. The van der Waals surface area contributed by atoms with Crippen LogP contribution in [-0.2, 0) is 4.79 Å². The number of esters is 1. The van der Waals surface area contributed by atoms with Gasteiger partial charge in [-0.3, -0.25) is 10.1 Å². The van der Waals surface area contributed by atoms with Crippen LogP contribution < -0.4 is 4.74 Å². The summed E-state index contributed by atoms with van der Waals surface area (Å²) in [5.74, 6) is -0.125. The Morgan fingerprint density at radius 1 is 1.40 bits per heavy atom. The molecule has 0 radical (unpaired) electrons. The Bertz CT molecular complexity index is 663. The summed E-state index contributed by atoms with van der Waals surface area (Å²) in [5.41, 5.74) is -0.180. The van der Waals surface area contributed by atoms with E-state index in [0.717, 1.165) is 12.1 Å². The van der Waals surface area contributed by atoms with E-state index in [1.807, 2.05) is 0 Å². The summed E-state index contributed by atoms with van der Waals surface area (Å²) in [7, 11) is 0. The van der Waals surface area contributed by atoms with E-state index >= 15 is 0 Å². The first-order valence-corrected chi connectivity index (χ1v) is 5.81. The molecule has 0 amide bonds. The predicted molar refractivity (Wildman–Crippen MR) is 71.5 cm³/mol. The van der Waals surface area contributed by atoms with E-state index in [0.29, 0.717) is 5.76 Å². The van der Waals surface area contributed by atoms with Crippen LogP contribution in [0.2, 0.25) is 5.02 Å². The van der Waals surface area contributed by atoms with Gasteiger partial charge in [-0.25, -0.2) is 4.79 Å². The molecule has 0 aliphatic heterocycles. The summed E-state index contributed by atoms with van der Waals surface area (Å²) in [6, 6.07) is 6.92. The molecule has 0 aliphatic carbocycles. The van der Waals surface area contributed by atoms with Crippen molar-refractivity contribution in [2.24, 2.45) is 0 Å². The average Bonchev–Trinajstić information content (AvgIpc) is 2.91. The van der Waals surface area contributed by atoms with Gasteiger partial charge in [0.2, 0.25) is 0 Å². The van der Waals surface area contributed by atoms with Gasteiger partial charge < -0.3 is 9.15 Å². The molecule has 1 heterocycles. The molecule has 0 spiro atoms. The van der Waals surface area contributed by atoms with Crippen molar-refractivity contribution < 1.29 is 18.9 Å². The third-order valence-corrected chi connectivity index (χ3v) is 2.56.